The molecule has 0 spiro atoms. The first-order valence-electron chi connectivity index (χ1n) is 13.5. The fourth-order valence-electron chi connectivity index (χ4n) is 6.57. The highest BCUT2D eigenvalue weighted by molar-refractivity contribution is 7.26. The summed E-state index contributed by atoms with van der Waals surface area (Å²) in [7, 11) is 0. The second-order valence-electron chi connectivity index (χ2n) is 10.4. The second-order valence-corrected chi connectivity index (χ2v) is 11.4. The lowest BCUT2D eigenvalue weighted by Gasteiger charge is -2.09. The van der Waals surface area contributed by atoms with E-state index in [4.69, 9.17) is 5.73 Å². The van der Waals surface area contributed by atoms with Crippen molar-refractivity contribution in [3.05, 3.63) is 127 Å². The van der Waals surface area contributed by atoms with Crippen LogP contribution in [0, 0.1) is 0 Å². The van der Waals surface area contributed by atoms with Crippen LogP contribution < -0.4 is 5.73 Å². The number of para-hydroxylation sites is 3. The summed E-state index contributed by atoms with van der Waals surface area (Å²) in [5.41, 5.74) is 14.3. The predicted molar refractivity (Wildman–Crippen MR) is 172 cm³/mol. The summed E-state index contributed by atoms with van der Waals surface area (Å²) in [6.07, 6.45) is 0. The third-order valence-electron chi connectivity index (χ3n) is 8.24. The Balaban J connectivity index is 1.41. The highest BCUT2D eigenvalue weighted by Gasteiger charge is 2.19. The first kappa shape index (κ1) is 21.8. The van der Waals surface area contributed by atoms with Crippen LogP contribution in [0.15, 0.2) is 127 Å². The normalized spacial score (nSPS) is 12.1. The Hall–Kier alpha value is -5.06. The van der Waals surface area contributed by atoms with E-state index in [0.717, 1.165) is 5.69 Å². The van der Waals surface area contributed by atoms with Crippen molar-refractivity contribution in [2.24, 2.45) is 0 Å². The van der Waals surface area contributed by atoms with E-state index < -0.39 is 0 Å². The van der Waals surface area contributed by atoms with Crippen molar-refractivity contribution >= 4 is 80.8 Å². The standard InChI is InChI=1S/C36H23N3S/c37-22-19-20-32-28(21-22)25-11-3-6-16-31(25)39(32)34-18-8-13-27-26-12-7-17-33(35(26)40-36(27)34)38-29-14-4-1-9-23(29)24-10-2-5-15-30(24)38/h1-21H,37H2. The Morgan fingerprint density at radius 2 is 0.825 bits per heavy atom. The summed E-state index contributed by atoms with van der Waals surface area (Å²) in [4.78, 5) is 0. The molecule has 6 aromatic carbocycles. The van der Waals surface area contributed by atoms with Crippen molar-refractivity contribution < 1.29 is 0 Å². The van der Waals surface area contributed by atoms with Crippen molar-refractivity contribution in [2.75, 3.05) is 5.73 Å². The molecule has 0 amide bonds. The number of nitrogens with two attached hydrogens (primary N) is 1. The molecule has 9 rings (SSSR count). The fraction of sp³-hybridized carbons (Fsp3) is 0. The van der Waals surface area contributed by atoms with Gasteiger partial charge in [-0.2, -0.15) is 0 Å². The lowest BCUT2D eigenvalue weighted by molar-refractivity contribution is 1.20. The summed E-state index contributed by atoms with van der Waals surface area (Å²) in [5, 5.41) is 7.52. The number of fused-ring (bicyclic) bond motifs is 9. The zero-order chi connectivity index (χ0) is 26.4. The summed E-state index contributed by atoms with van der Waals surface area (Å²) in [6, 6.07) is 45.8. The Bertz CT molecular complexity index is 2400. The molecular formula is C36H23N3S. The molecule has 0 saturated carbocycles. The molecule has 3 aromatic heterocycles. The quantitative estimate of drug-likeness (QED) is 0.222. The summed E-state index contributed by atoms with van der Waals surface area (Å²) in [5.74, 6) is 0. The maximum Gasteiger partial charge on any atom is 0.0640 e. The molecule has 0 aliphatic heterocycles. The molecule has 0 aliphatic rings. The van der Waals surface area contributed by atoms with E-state index in [0.29, 0.717) is 0 Å². The summed E-state index contributed by atoms with van der Waals surface area (Å²) >= 11 is 1.88. The molecule has 188 valence electrons. The number of nitrogens with zero attached hydrogens (tertiary/aromatic N) is 2. The van der Waals surface area contributed by atoms with Crippen LogP contribution in [0.2, 0.25) is 0 Å². The number of anilines is 1. The molecule has 2 N–H and O–H groups in total. The minimum absolute atomic E-state index is 0.784. The average molecular weight is 530 g/mol. The highest BCUT2D eigenvalue weighted by Crippen LogP contribution is 2.44. The molecular weight excluding hydrogens is 506 g/mol. The minimum atomic E-state index is 0.784. The zero-order valence-electron chi connectivity index (χ0n) is 21.5. The molecule has 0 bridgehead atoms. The van der Waals surface area contributed by atoms with Gasteiger partial charge in [0, 0.05) is 38.0 Å². The highest BCUT2D eigenvalue weighted by atomic mass is 32.1. The van der Waals surface area contributed by atoms with Crippen LogP contribution in [0.5, 0.6) is 0 Å². The van der Waals surface area contributed by atoms with Crippen LogP contribution in [0.25, 0.3) is 75.2 Å². The summed E-state index contributed by atoms with van der Waals surface area (Å²) < 4.78 is 7.42. The molecule has 0 radical (unpaired) electrons. The molecule has 0 saturated heterocycles. The first-order chi connectivity index (χ1) is 19.8. The van der Waals surface area contributed by atoms with Crippen LogP contribution in [-0.2, 0) is 0 Å². The number of thiophene rings is 1. The molecule has 4 heteroatoms. The number of nitrogen functional groups attached to an aromatic ring is 1. The van der Waals surface area contributed by atoms with Gasteiger partial charge in [-0.3, -0.25) is 0 Å². The van der Waals surface area contributed by atoms with E-state index in [1.165, 1.54) is 75.2 Å². The van der Waals surface area contributed by atoms with Crippen molar-refractivity contribution in [2.45, 2.75) is 0 Å². The van der Waals surface area contributed by atoms with Gasteiger partial charge in [0.1, 0.15) is 0 Å². The van der Waals surface area contributed by atoms with Gasteiger partial charge in [0.05, 0.1) is 42.8 Å². The Morgan fingerprint density at radius 1 is 0.400 bits per heavy atom. The first-order valence-corrected chi connectivity index (χ1v) is 14.3. The molecule has 0 aliphatic carbocycles. The SMILES string of the molecule is Nc1ccc2c(c1)c1ccccc1n2-c1cccc2c1sc1c(-n3c4ccccc4c4ccccc43)cccc12. The van der Waals surface area contributed by atoms with Gasteiger partial charge in [-0.05, 0) is 48.5 Å². The van der Waals surface area contributed by atoms with Gasteiger partial charge in [-0.1, -0.05) is 78.9 Å². The van der Waals surface area contributed by atoms with Crippen LogP contribution in [0.4, 0.5) is 5.69 Å². The van der Waals surface area contributed by atoms with Gasteiger partial charge < -0.3 is 14.9 Å². The fourth-order valence-corrected chi connectivity index (χ4v) is 7.88. The lowest BCUT2D eigenvalue weighted by Crippen LogP contribution is -1.94. The van der Waals surface area contributed by atoms with Gasteiger partial charge in [0.2, 0.25) is 0 Å². The van der Waals surface area contributed by atoms with Gasteiger partial charge in [0.25, 0.3) is 0 Å². The molecule has 0 unspecified atom stereocenters. The Morgan fingerprint density at radius 3 is 1.35 bits per heavy atom. The van der Waals surface area contributed by atoms with Gasteiger partial charge in [0.15, 0.2) is 0 Å². The van der Waals surface area contributed by atoms with E-state index in [1.807, 2.05) is 17.4 Å². The van der Waals surface area contributed by atoms with E-state index >= 15 is 0 Å². The Kier molecular flexibility index (Phi) is 4.35. The Labute approximate surface area is 233 Å². The van der Waals surface area contributed by atoms with Crippen LogP contribution in [-0.4, -0.2) is 9.13 Å². The van der Waals surface area contributed by atoms with Gasteiger partial charge >= 0.3 is 0 Å². The number of aromatic nitrogens is 2. The number of rotatable bonds is 2. The van der Waals surface area contributed by atoms with Crippen molar-refractivity contribution in [3.63, 3.8) is 0 Å². The van der Waals surface area contributed by atoms with Crippen LogP contribution in [0.3, 0.4) is 0 Å². The molecule has 9 aromatic rings. The third kappa shape index (κ3) is 2.83. The largest absolute Gasteiger partial charge is 0.399 e. The summed E-state index contributed by atoms with van der Waals surface area (Å²) in [6.45, 7) is 0. The number of benzene rings is 6. The average Bonchev–Trinajstić information content (AvgIpc) is 3.65. The van der Waals surface area contributed by atoms with Crippen molar-refractivity contribution in [1.82, 2.24) is 9.13 Å². The second kappa shape index (κ2) is 7.98. The topological polar surface area (TPSA) is 35.9 Å². The van der Waals surface area contributed by atoms with Crippen LogP contribution in [0.1, 0.15) is 0 Å². The molecule has 3 nitrogen and oxygen atoms in total. The van der Waals surface area contributed by atoms with Gasteiger partial charge in [-0.15, -0.1) is 11.3 Å². The lowest BCUT2D eigenvalue weighted by atomic mass is 10.1. The predicted octanol–water partition coefficient (Wildman–Crippen LogP) is 9.83. The zero-order valence-corrected chi connectivity index (χ0v) is 22.3. The molecule has 0 fully saturated rings. The van der Waals surface area contributed by atoms with E-state index in [9.17, 15) is 0 Å². The molecule has 0 atom stereocenters. The number of hydrogen-bond acceptors (Lipinski definition) is 2. The molecule has 40 heavy (non-hydrogen) atoms. The van der Waals surface area contributed by atoms with Crippen LogP contribution >= 0.6 is 11.3 Å². The smallest absolute Gasteiger partial charge is 0.0640 e. The maximum atomic E-state index is 6.24. The van der Waals surface area contributed by atoms with Gasteiger partial charge in [-0.25, -0.2) is 0 Å². The van der Waals surface area contributed by atoms with E-state index in [-0.39, 0.29) is 0 Å². The monoisotopic (exact) mass is 529 g/mol. The number of hydrogen-bond donors (Lipinski definition) is 1. The maximum absolute atomic E-state index is 6.24. The molecule has 3 heterocycles. The van der Waals surface area contributed by atoms with Crippen molar-refractivity contribution in [3.8, 4) is 11.4 Å². The van der Waals surface area contributed by atoms with E-state index in [2.05, 4.69) is 130 Å². The van der Waals surface area contributed by atoms with Crippen molar-refractivity contribution in [1.29, 1.82) is 0 Å². The minimum Gasteiger partial charge on any atom is -0.399 e. The van der Waals surface area contributed by atoms with E-state index in [1.54, 1.807) is 0 Å². The third-order valence-corrected chi connectivity index (χ3v) is 9.51.